The second-order valence-electron chi connectivity index (χ2n) is 6.60. The molecule has 0 bridgehead atoms. The molecule has 1 aromatic carbocycles. The molecule has 10 heteroatoms. The molecule has 4 rings (SSSR count). The van der Waals surface area contributed by atoms with Crippen molar-refractivity contribution in [3.8, 4) is 0 Å². The summed E-state index contributed by atoms with van der Waals surface area (Å²) >= 11 is 1.71. The summed E-state index contributed by atoms with van der Waals surface area (Å²) in [6.45, 7) is 5.73. The van der Waals surface area contributed by atoms with E-state index < -0.39 is 0 Å². The molecule has 0 aliphatic carbocycles. The van der Waals surface area contributed by atoms with Crippen LogP contribution in [0.4, 0.5) is 17.8 Å². The highest BCUT2D eigenvalue weighted by atomic mass is 32.2. The second-order valence-corrected chi connectivity index (χ2v) is 7.48. The molecule has 2 aromatic rings. The molecule has 0 saturated carbocycles. The lowest BCUT2D eigenvalue weighted by Gasteiger charge is -2.30. The molecule has 29 heavy (non-hydrogen) atoms. The van der Waals surface area contributed by atoms with Gasteiger partial charge in [0.2, 0.25) is 17.8 Å². The van der Waals surface area contributed by atoms with Crippen molar-refractivity contribution in [2.24, 2.45) is 5.10 Å². The van der Waals surface area contributed by atoms with E-state index in [4.69, 9.17) is 14.5 Å². The Morgan fingerprint density at radius 2 is 1.45 bits per heavy atom. The molecular formula is C19H25N7O2S. The smallest absolute Gasteiger partial charge is 0.250 e. The number of anilines is 3. The van der Waals surface area contributed by atoms with Crippen molar-refractivity contribution in [1.29, 1.82) is 0 Å². The van der Waals surface area contributed by atoms with Gasteiger partial charge in [-0.2, -0.15) is 20.1 Å². The molecule has 1 aromatic heterocycles. The molecule has 2 fully saturated rings. The molecule has 0 radical (unpaired) electrons. The number of morpholine rings is 2. The van der Waals surface area contributed by atoms with Crippen LogP contribution in [0.15, 0.2) is 34.3 Å². The van der Waals surface area contributed by atoms with Gasteiger partial charge in [0.1, 0.15) is 0 Å². The number of benzene rings is 1. The summed E-state index contributed by atoms with van der Waals surface area (Å²) in [5.74, 6) is 1.72. The van der Waals surface area contributed by atoms with E-state index >= 15 is 0 Å². The Hall–Kier alpha value is -2.43. The minimum Gasteiger partial charge on any atom is -0.378 e. The van der Waals surface area contributed by atoms with Crippen LogP contribution in [0.25, 0.3) is 0 Å². The number of hydrogen-bond donors (Lipinski definition) is 1. The first-order chi connectivity index (χ1) is 14.3. The van der Waals surface area contributed by atoms with E-state index in [-0.39, 0.29) is 0 Å². The molecule has 9 nitrogen and oxygen atoms in total. The third kappa shape index (κ3) is 5.34. The monoisotopic (exact) mass is 415 g/mol. The van der Waals surface area contributed by atoms with Gasteiger partial charge in [0.25, 0.3) is 0 Å². The van der Waals surface area contributed by atoms with Crippen LogP contribution in [-0.2, 0) is 9.47 Å². The minimum atomic E-state index is 0.431. The van der Waals surface area contributed by atoms with Crippen LogP contribution in [0.3, 0.4) is 0 Å². The largest absolute Gasteiger partial charge is 0.378 e. The molecule has 2 saturated heterocycles. The Morgan fingerprint density at radius 3 is 1.97 bits per heavy atom. The van der Waals surface area contributed by atoms with Crippen molar-refractivity contribution in [1.82, 2.24) is 15.0 Å². The third-order valence-electron chi connectivity index (χ3n) is 4.69. The third-order valence-corrected chi connectivity index (χ3v) is 5.44. The summed E-state index contributed by atoms with van der Waals surface area (Å²) in [6.07, 6.45) is 3.82. The Balaban J connectivity index is 1.52. The van der Waals surface area contributed by atoms with E-state index in [1.807, 2.05) is 12.1 Å². The topological polar surface area (TPSA) is 88.0 Å². The van der Waals surface area contributed by atoms with Gasteiger partial charge in [0, 0.05) is 31.1 Å². The molecule has 0 atom stereocenters. The van der Waals surface area contributed by atoms with Crippen molar-refractivity contribution in [3.63, 3.8) is 0 Å². The van der Waals surface area contributed by atoms with Gasteiger partial charge < -0.3 is 19.3 Å². The number of hydrogen-bond acceptors (Lipinski definition) is 10. The van der Waals surface area contributed by atoms with E-state index in [2.05, 4.69) is 48.7 Å². The highest BCUT2D eigenvalue weighted by Crippen LogP contribution is 2.19. The first kappa shape index (κ1) is 19.9. The van der Waals surface area contributed by atoms with Gasteiger partial charge in [-0.1, -0.05) is 12.1 Å². The average Bonchev–Trinajstić information content (AvgIpc) is 2.80. The first-order valence-corrected chi connectivity index (χ1v) is 10.9. The zero-order valence-corrected chi connectivity index (χ0v) is 17.3. The number of hydrazone groups is 1. The summed E-state index contributed by atoms with van der Waals surface area (Å²) in [4.78, 5) is 19.3. The molecule has 3 heterocycles. The van der Waals surface area contributed by atoms with Crippen LogP contribution >= 0.6 is 11.8 Å². The maximum absolute atomic E-state index is 5.45. The molecule has 0 amide bonds. The van der Waals surface area contributed by atoms with E-state index in [0.29, 0.717) is 44.3 Å². The van der Waals surface area contributed by atoms with Crippen molar-refractivity contribution < 1.29 is 9.47 Å². The molecular weight excluding hydrogens is 390 g/mol. The number of thioether (sulfide) groups is 1. The molecule has 2 aliphatic rings. The highest BCUT2D eigenvalue weighted by Gasteiger charge is 2.20. The minimum absolute atomic E-state index is 0.431. The molecule has 2 aliphatic heterocycles. The maximum Gasteiger partial charge on any atom is 0.250 e. The summed E-state index contributed by atoms with van der Waals surface area (Å²) in [6, 6.07) is 8.20. The number of rotatable bonds is 6. The quantitative estimate of drug-likeness (QED) is 0.430. The first-order valence-electron chi connectivity index (χ1n) is 9.66. The van der Waals surface area contributed by atoms with Crippen molar-refractivity contribution in [2.75, 3.05) is 74.1 Å². The van der Waals surface area contributed by atoms with Crippen molar-refractivity contribution in [2.45, 2.75) is 4.90 Å². The van der Waals surface area contributed by atoms with Gasteiger partial charge in [-0.15, -0.1) is 11.8 Å². The standard InChI is InChI=1S/C19H25N7O2S/c1-29-16-4-2-15(3-5-16)14-20-24-17-21-18(25-6-10-27-11-7-25)23-19(22-17)26-8-12-28-13-9-26/h2-5,14H,6-13H2,1H3,(H,21,22,23,24)/b20-14-. The van der Waals surface area contributed by atoms with Crippen LogP contribution in [0.1, 0.15) is 5.56 Å². The molecule has 1 N–H and O–H groups in total. The normalized spacial score (nSPS) is 17.7. The highest BCUT2D eigenvalue weighted by molar-refractivity contribution is 7.98. The summed E-state index contributed by atoms with van der Waals surface area (Å²) < 4.78 is 10.9. The lowest BCUT2D eigenvalue weighted by molar-refractivity contribution is 0.121. The zero-order valence-electron chi connectivity index (χ0n) is 16.5. The summed E-state index contributed by atoms with van der Waals surface area (Å²) in [5.41, 5.74) is 3.97. The maximum atomic E-state index is 5.45. The Labute approximate surface area is 174 Å². The fourth-order valence-corrected chi connectivity index (χ4v) is 3.48. The number of aromatic nitrogens is 3. The van der Waals surface area contributed by atoms with E-state index in [1.165, 1.54) is 4.90 Å². The zero-order chi connectivity index (χ0) is 19.9. The molecule has 154 valence electrons. The van der Waals surface area contributed by atoms with E-state index in [1.54, 1.807) is 18.0 Å². The van der Waals surface area contributed by atoms with E-state index in [0.717, 1.165) is 31.7 Å². The molecule has 0 unspecified atom stereocenters. The van der Waals surface area contributed by atoms with Gasteiger partial charge in [0.15, 0.2) is 0 Å². The summed E-state index contributed by atoms with van der Waals surface area (Å²) in [5, 5.41) is 4.32. The fraction of sp³-hybridized carbons (Fsp3) is 0.474. The lowest BCUT2D eigenvalue weighted by atomic mass is 10.2. The summed E-state index contributed by atoms with van der Waals surface area (Å²) in [7, 11) is 0. The van der Waals surface area contributed by atoms with E-state index in [9.17, 15) is 0 Å². The van der Waals surface area contributed by atoms with Gasteiger partial charge in [-0.3, -0.25) is 0 Å². The van der Waals surface area contributed by atoms with Crippen LogP contribution in [-0.4, -0.2) is 80.0 Å². The number of nitrogens with one attached hydrogen (secondary N) is 1. The Kier molecular flexibility index (Phi) is 6.75. The van der Waals surface area contributed by atoms with Crippen molar-refractivity contribution >= 4 is 35.8 Å². The Bertz CT molecular complexity index is 786. The second kappa shape index (κ2) is 9.86. The number of ether oxygens (including phenoxy) is 2. The van der Waals surface area contributed by atoms with Crippen molar-refractivity contribution in [3.05, 3.63) is 29.8 Å². The number of nitrogens with zero attached hydrogens (tertiary/aromatic N) is 6. The van der Waals surface area contributed by atoms with Gasteiger partial charge in [-0.05, 0) is 24.0 Å². The average molecular weight is 416 g/mol. The van der Waals surface area contributed by atoms with Gasteiger partial charge in [0.05, 0.1) is 32.6 Å². The lowest BCUT2D eigenvalue weighted by Crippen LogP contribution is -2.40. The van der Waals surface area contributed by atoms with Crippen LogP contribution in [0.5, 0.6) is 0 Å². The predicted octanol–water partition coefficient (Wildman–Crippen LogP) is 1.71. The fourth-order valence-electron chi connectivity index (χ4n) is 3.07. The predicted molar refractivity (Wildman–Crippen MR) is 115 cm³/mol. The van der Waals surface area contributed by atoms with Gasteiger partial charge in [-0.25, -0.2) is 5.43 Å². The van der Waals surface area contributed by atoms with Crippen LogP contribution in [0.2, 0.25) is 0 Å². The Morgan fingerprint density at radius 1 is 0.897 bits per heavy atom. The SMILES string of the molecule is CSc1ccc(/C=N\Nc2nc(N3CCOCC3)nc(N3CCOCC3)n2)cc1. The van der Waals surface area contributed by atoms with Crippen LogP contribution in [0, 0.1) is 0 Å². The van der Waals surface area contributed by atoms with Gasteiger partial charge >= 0.3 is 0 Å². The van der Waals surface area contributed by atoms with Crippen LogP contribution < -0.4 is 15.2 Å². The molecule has 0 spiro atoms.